The maximum atomic E-state index is 6.25. The van der Waals surface area contributed by atoms with Gasteiger partial charge in [-0.05, 0) is 43.4 Å². The smallest absolute Gasteiger partial charge is 0.119 e. The summed E-state index contributed by atoms with van der Waals surface area (Å²) in [5.74, 6) is 0.937. The first kappa shape index (κ1) is 15.3. The average Bonchev–Trinajstić information content (AvgIpc) is 2.46. The van der Waals surface area contributed by atoms with Gasteiger partial charge in [0, 0.05) is 13.2 Å². The summed E-state index contributed by atoms with van der Waals surface area (Å²) >= 11 is 0. The third-order valence-electron chi connectivity index (χ3n) is 4.06. The molecule has 2 N–H and O–H groups in total. The highest BCUT2D eigenvalue weighted by Gasteiger charge is 2.20. The molecular formula is C17H27NO2. The molecule has 0 aromatic heterocycles. The molecule has 0 amide bonds. The highest BCUT2D eigenvalue weighted by molar-refractivity contribution is 5.27. The van der Waals surface area contributed by atoms with Gasteiger partial charge in [-0.1, -0.05) is 31.4 Å². The van der Waals surface area contributed by atoms with Crippen LogP contribution < -0.4 is 10.5 Å². The van der Waals surface area contributed by atoms with E-state index >= 15 is 0 Å². The van der Waals surface area contributed by atoms with E-state index in [4.69, 9.17) is 15.2 Å². The van der Waals surface area contributed by atoms with E-state index in [2.05, 4.69) is 24.3 Å². The molecule has 2 rings (SSSR count). The lowest BCUT2D eigenvalue weighted by Gasteiger charge is -2.27. The molecule has 0 heterocycles. The molecule has 0 spiro atoms. The van der Waals surface area contributed by atoms with E-state index in [9.17, 15) is 0 Å². The Morgan fingerprint density at radius 2 is 1.75 bits per heavy atom. The fraction of sp³-hybridized carbons (Fsp3) is 0.647. The highest BCUT2D eigenvalue weighted by atomic mass is 16.5. The topological polar surface area (TPSA) is 44.5 Å². The normalized spacial score (nSPS) is 23.9. The Morgan fingerprint density at radius 1 is 1.05 bits per heavy atom. The first-order valence-corrected chi connectivity index (χ1v) is 7.79. The Morgan fingerprint density at radius 3 is 2.45 bits per heavy atom. The van der Waals surface area contributed by atoms with Gasteiger partial charge in [-0.25, -0.2) is 0 Å². The molecule has 1 saturated carbocycles. The van der Waals surface area contributed by atoms with Crippen molar-refractivity contribution >= 4 is 0 Å². The van der Waals surface area contributed by atoms with Gasteiger partial charge in [0.25, 0.3) is 0 Å². The van der Waals surface area contributed by atoms with Crippen molar-refractivity contribution in [2.45, 2.75) is 57.1 Å². The molecular weight excluding hydrogens is 250 g/mol. The quantitative estimate of drug-likeness (QED) is 0.898. The Kier molecular flexibility index (Phi) is 6.34. The van der Waals surface area contributed by atoms with Crippen molar-refractivity contribution in [2.75, 3.05) is 13.7 Å². The molecule has 0 saturated heterocycles. The van der Waals surface area contributed by atoms with Crippen molar-refractivity contribution in [3.8, 4) is 5.75 Å². The Labute approximate surface area is 122 Å². The summed E-state index contributed by atoms with van der Waals surface area (Å²) in [6, 6.07) is 8.50. The van der Waals surface area contributed by atoms with Crippen LogP contribution in [-0.2, 0) is 11.2 Å². The van der Waals surface area contributed by atoms with Gasteiger partial charge < -0.3 is 15.2 Å². The molecule has 0 bridgehead atoms. The zero-order chi connectivity index (χ0) is 14.2. The van der Waals surface area contributed by atoms with Gasteiger partial charge >= 0.3 is 0 Å². The molecule has 1 fully saturated rings. The van der Waals surface area contributed by atoms with E-state index in [0.717, 1.165) is 31.6 Å². The van der Waals surface area contributed by atoms with Gasteiger partial charge in [0.2, 0.25) is 0 Å². The maximum Gasteiger partial charge on any atom is 0.119 e. The Bertz CT molecular complexity index is 377. The van der Waals surface area contributed by atoms with Crippen LogP contribution in [-0.4, -0.2) is 25.9 Å². The van der Waals surface area contributed by atoms with Crippen LogP contribution >= 0.6 is 0 Å². The molecule has 2 unspecified atom stereocenters. The summed E-state index contributed by atoms with van der Waals surface area (Å²) in [5.41, 5.74) is 7.53. The molecule has 0 radical (unpaired) electrons. The maximum absolute atomic E-state index is 6.25. The molecule has 3 nitrogen and oxygen atoms in total. The number of methoxy groups -OCH3 is 1. The fourth-order valence-corrected chi connectivity index (χ4v) is 2.75. The largest absolute Gasteiger partial charge is 0.489 e. The second-order valence-corrected chi connectivity index (χ2v) is 5.70. The van der Waals surface area contributed by atoms with Crippen molar-refractivity contribution < 1.29 is 9.47 Å². The van der Waals surface area contributed by atoms with E-state index in [1.807, 2.05) is 0 Å². The SMILES string of the molecule is COCCc1ccc(OC2CCCCCCC2N)cc1. The predicted octanol–water partition coefficient (Wildman–Crippen LogP) is 3.30. The van der Waals surface area contributed by atoms with E-state index in [1.54, 1.807) is 7.11 Å². The van der Waals surface area contributed by atoms with Gasteiger partial charge in [0.15, 0.2) is 0 Å². The third kappa shape index (κ3) is 4.80. The zero-order valence-electron chi connectivity index (χ0n) is 12.5. The van der Waals surface area contributed by atoms with Gasteiger partial charge in [0.05, 0.1) is 6.61 Å². The number of rotatable bonds is 5. The summed E-state index contributed by atoms with van der Waals surface area (Å²) in [6.07, 6.45) is 8.35. The lowest BCUT2D eigenvalue weighted by atomic mass is 9.95. The Hall–Kier alpha value is -1.06. The van der Waals surface area contributed by atoms with Crippen LogP contribution in [0, 0.1) is 0 Å². The van der Waals surface area contributed by atoms with Crippen LogP contribution in [0.4, 0.5) is 0 Å². The second kappa shape index (κ2) is 8.28. The molecule has 3 heteroatoms. The monoisotopic (exact) mass is 277 g/mol. The minimum absolute atomic E-state index is 0.167. The van der Waals surface area contributed by atoms with E-state index < -0.39 is 0 Å². The summed E-state index contributed by atoms with van der Waals surface area (Å²) in [5, 5.41) is 0. The predicted molar refractivity (Wildman–Crippen MR) is 82.1 cm³/mol. The number of nitrogens with two attached hydrogens (primary N) is 1. The minimum atomic E-state index is 0.167. The minimum Gasteiger partial charge on any atom is -0.489 e. The zero-order valence-corrected chi connectivity index (χ0v) is 12.5. The molecule has 1 aromatic rings. The second-order valence-electron chi connectivity index (χ2n) is 5.70. The van der Waals surface area contributed by atoms with Crippen molar-refractivity contribution in [2.24, 2.45) is 5.73 Å². The van der Waals surface area contributed by atoms with Crippen LogP contribution in [0.15, 0.2) is 24.3 Å². The van der Waals surface area contributed by atoms with Gasteiger partial charge in [-0.2, -0.15) is 0 Å². The first-order chi connectivity index (χ1) is 9.79. The number of hydrogen-bond donors (Lipinski definition) is 1. The third-order valence-corrected chi connectivity index (χ3v) is 4.06. The molecule has 1 aliphatic rings. The molecule has 2 atom stereocenters. The average molecular weight is 277 g/mol. The van der Waals surface area contributed by atoms with Crippen LogP contribution in [0.25, 0.3) is 0 Å². The van der Waals surface area contributed by atoms with Crippen LogP contribution in [0.5, 0.6) is 5.75 Å². The molecule has 1 aliphatic carbocycles. The summed E-state index contributed by atoms with van der Waals surface area (Å²) in [4.78, 5) is 0. The number of ether oxygens (including phenoxy) is 2. The lowest BCUT2D eigenvalue weighted by Crippen LogP contribution is -2.39. The Balaban J connectivity index is 1.90. The first-order valence-electron chi connectivity index (χ1n) is 7.79. The molecule has 112 valence electrons. The fourth-order valence-electron chi connectivity index (χ4n) is 2.75. The van der Waals surface area contributed by atoms with E-state index in [0.29, 0.717) is 0 Å². The van der Waals surface area contributed by atoms with Gasteiger partial charge in [-0.3, -0.25) is 0 Å². The molecule has 1 aromatic carbocycles. The summed E-state index contributed by atoms with van der Waals surface area (Å²) in [7, 11) is 1.73. The lowest BCUT2D eigenvalue weighted by molar-refractivity contribution is 0.145. The van der Waals surface area contributed by atoms with Crippen molar-refractivity contribution in [1.82, 2.24) is 0 Å². The van der Waals surface area contributed by atoms with Crippen LogP contribution in [0.3, 0.4) is 0 Å². The summed E-state index contributed by atoms with van der Waals surface area (Å²) in [6.45, 7) is 0.758. The van der Waals surface area contributed by atoms with Crippen LogP contribution in [0.1, 0.15) is 44.1 Å². The highest BCUT2D eigenvalue weighted by Crippen LogP contribution is 2.22. The molecule has 20 heavy (non-hydrogen) atoms. The van der Waals surface area contributed by atoms with Gasteiger partial charge in [0.1, 0.15) is 11.9 Å². The van der Waals surface area contributed by atoms with E-state index in [1.165, 1.54) is 31.2 Å². The standard InChI is InChI=1S/C17H27NO2/c1-19-13-12-14-8-10-15(11-9-14)20-17-7-5-3-2-4-6-16(17)18/h8-11,16-17H,2-7,12-13,18H2,1H3. The molecule has 0 aliphatic heterocycles. The summed E-state index contributed by atoms with van der Waals surface area (Å²) < 4.78 is 11.2. The van der Waals surface area contributed by atoms with Gasteiger partial charge in [-0.15, -0.1) is 0 Å². The number of hydrogen-bond acceptors (Lipinski definition) is 3. The number of benzene rings is 1. The van der Waals surface area contributed by atoms with Crippen molar-refractivity contribution in [3.63, 3.8) is 0 Å². The van der Waals surface area contributed by atoms with Crippen LogP contribution in [0.2, 0.25) is 0 Å². The van der Waals surface area contributed by atoms with Crippen molar-refractivity contribution in [1.29, 1.82) is 0 Å². The van der Waals surface area contributed by atoms with Crippen molar-refractivity contribution in [3.05, 3.63) is 29.8 Å². The van der Waals surface area contributed by atoms with E-state index in [-0.39, 0.29) is 12.1 Å².